The summed E-state index contributed by atoms with van der Waals surface area (Å²) in [4.78, 5) is 12.1. The molecule has 2 N–H and O–H groups in total. The Morgan fingerprint density at radius 3 is 2.56 bits per heavy atom. The first-order valence-corrected chi connectivity index (χ1v) is 7.77. The first-order valence-electron chi connectivity index (χ1n) is 7.77. The van der Waals surface area contributed by atoms with Crippen molar-refractivity contribution < 1.29 is 4.79 Å². The number of rotatable bonds is 3. The van der Waals surface area contributed by atoms with Gasteiger partial charge in [-0.1, -0.05) is 25.7 Å². The number of amides is 1. The number of nitrogens with one attached hydrogen (secondary N) is 2. The molecule has 0 spiro atoms. The number of carbonyl (C=O) groups excluding carboxylic acids is 1. The van der Waals surface area contributed by atoms with Crippen LogP contribution in [-0.4, -0.2) is 24.5 Å². The molecular formula is C15H28N2O. The highest BCUT2D eigenvalue weighted by molar-refractivity contribution is 5.76. The first kappa shape index (κ1) is 13.9. The molecule has 2 atom stereocenters. The van der Waals surface area contributed by atoms with E-state index in [2.05, 4.69) is 17.6 Å². The Kier molecular flexibility index (Phi) is 5.48. The van der Waals surface area contributed by atoms with Crippen molar-refractivity contribution in [3.8, 4) is 0 Å². The quantitative estimate of drug-likeness (QED) is 0.758. The standard InChI is InChI=1S/C15H28N2O/c1-12-10-14(8-9-16-12)17-15(18)11-13-6-4-2-3-5-7-13/h12-14,16H,2-11H2,1H3,(H,17,18). The maximum Gasteiger partial charge on any atom is 0.220 e. The molecule has 0 bridgehead atoms. The van der Waals surface area contributed by atoms with Gasteiger partial charge in [0.1, 0.15) is 0 Å². The van der Waals surface area contributed by atoms with E-state index in [1.807, 2.05) is 0 Å². The zero-order chi connectivity index (χ0) is 12.8. The van der Waals surface area contributed by atoms with Gasteiger partial charge in [0.2, 0.25) is 5.91 Å². The molecule has 0 aromatic rings. The molecule has 0 aromatic heterocycles. The number of hydrogen-bond donors (Lipinski definition) is 2. The van der Waals surface area contributed by atoms with Gasteiger partial charge in [-0.25, -0.2) is 0 Å². The molecule has 1 aliphatic carbocycles. The van der Waals surface area contributed by atoms with Crippen LogP contribution in [0.4, 0.5) is 0 Å². The molecule has 2 rings (SSSR count). The lowest BCUT2D eigenvalue weighted by Crippen LogP contribution is -2.46. The van der Waals surface area contributed by atoms with Crippen molar-refractivity contribution in [1.82, 2.24) is 10.6 Å². The topological polar surface area (TPSA) is 41.1 Å². The second-order valence-corrected chi connectivity index (χ2v) is 6.21. The summed E-state index contributed by atoms with van der Waals surface area (Å²) in [5.41, 5.74) is 0. The summed E-state index contributed by atoms with van der Waals surface area (Å²) < 4.78 is 0. The molecule has 1 saturated heterocycles. The van der Waals surface area contributed by atoms with Gasteiger partial charge in [-0.2, -0.15) is 0 Å². The Labute approximate surface area is 111 Å². The Balaban J connectivity index is 1.70. The second-order valence-electron chi connectivity index (χ2n) is 6.21. The van der Waals surface area contributed by atoms with E-state index in [0.717, 1.165) is 25.8 Å². The largest absolute Gasteiger partial charge is 0.353 e. The number of piperidine rings is 1. The first-order chi connectivity index (χ1) is 8.74. The number of carbonyl (C=O) groups is 1. The molecule has 1 heterocycles. The Bertz CT molecular complexity index is 253. The van der Waals surface area contributed by atoms with E-state index in [4.69, 9.17) is 0 Å². The zero-order valence-corrected chi connectivity index (χ0v) is 11.7. The van der Waals surface area contributed by atoms with E-state index < -0.39 is 0 Å². The highest BCUT2D eigenvalue weighted by Gasteiger charge is 2.22. The van der Waals surface area contributed by atoms with Gasteiger partial charge in [0.05, 0.1) is 0 Å². The van der Waals surface area contributed by atoms with Gasteiger partial charge in [0, 0.05) is 18.5 Å². The minimum absolute atomic E-state index is 0.293. The van der Waals surface area contributed by atoms with Crippen LogP contribution in [0, 0.1) is 5.92 Å². The molecule has 104 valence electrons. The lowest BCUT2D eigenvalue weighted by atomic mass is 9.95. The predicted octanol–water partition coefficient (Wildman–Crippen LogP) is 2.60. The summed E-state index contributed by atoms with van der Waals surface area (Å²) in [6.45, 7) is 3.24. The van der Waals surface area contributed by atoms with Gasteiger partial charge in [-0.3, -0.25) is 4.79 Å². The monoisotopic (exact) mass is 252 g/mol. The van der Waals surface area contributed by atoms with Crippen LogP contribution in [0.5, 0.6) is 0 Å². The zero-order valence-electron chi connectivity index (χ0n) is 11.7. The molecule has 2 fully saturated rings. The average molecular weight is 252 g/mol. The SMILES string of the molecule is CC1CC(NC(=O)CC2CCCCCC2)CCN1. The fraction of sp³-hybridized carbons (Fsp3) is 0.933. The van der Waals surface area contributed by atoms with Crippen molar-refractivity contribution >= 4 is 5.91 Å². The molecule has 1 saturated carbocycles. The molecular weight excluding hydrogens is 224 g/mol. The lowest BCUT2D eigenvalue weighted by molar-refractivity contribution is -0.123. The Morgan fingerprint density at radius 1 is 1.17 bits per heavy atom. The Hall–Kier alpha value is -0.570. The minimum Gasteiger partial charge on any atom is -0.353 e. The fourth-order valence-electron chi connectivity index (χ4n) is 3.38. The van der Waals surface area contributed by atoms with Gasteiger partial charge in [-0.05, 0) is 45.1 Å². The highest BCUT2D eigenvalue weighted by Crippen LogP contribution is 2.25. The van der Waals surface area contributed by atoms with Crippen LogP contribution in [0.15, 0.2) is 0 Å². The third kappa shape index (κ3) is 4.60. The molecule has 1 amide bonds. The summed E-state index contributed by atoms with van der Waals surface area (Å²) in [6, 6.07) is 0.946. The van der Waals surface area contributed by atoms with Crippen LogP contribution in [0.3, 0.4) is 0 Å². The highest BCUT2D eigenvalue weighted by atomic mass is 16.1. The summed E-state index contributed by atoms with van der Waals surface area (Å²) in [6.07, 6.45) is 10.8. The second kappa shape index (κ2) is 7.13. The third-order valence-electron chi connectivity index (χ3n) is 4.44. The van der Waals surface area contributed by atoms with Crippen LogP contribution in [0.2, 0.25) is 0 Å². The molecule has 0 aromatic carbocycles. The van der Waals surface area contributed by atoms with Crippen LogP contribution in [0.1, 0.15) is 64.7 Å². The van der Waals surface area contributed by atoms with E-state index >= 15 is 0 Å². The minimum atomic E-state index is 0.293. The van der Waals surface area contributed by atoms with Crippen molar-refractivity contribution in [3.63, 3.8) is 0 Å². The van der Waals surface area contributed by atoms with Gasteiger partial charge in [0.15, 0.2) is 0 Å². The lowest BCUT2D eigenvalue weighted by Gasteiger charge is -2.29. The van der Waals surface area contributed by atoms with E-state index in [-0.39, 0.29) is 0 Å². The van der Waals surface area contributed by atoms with Crippen molar-refractivity contribution in [2.24, 2.45) is 5.92 Å². The summed E-state index contributed by atoms with van der Waals surface area (Å²) in [5.74, 6) is 0.938. The van der Waals surface area contributed by atoms with Gasteiger partial charge < -0.3 is 10.6 Å². The van der Waals surface area contributed by atoms with E-state index in [9.17, 15) is 4.79 Å². The van der Waals surface area contributed by atoms with E-state index in [0.29, 0.717) is 23.9 Å². The smallest absolute Gasteiger partial charge is 0.220 e. The fourth-order valence-corrected chi connectivity index (χ4v) is 3.38. The van der Waals surface area contributed by atoms with Crippen LogP contribution < -0.4 is 10.6 Å². The van der Waals surface area contributed by atoms with Crippen molar-refractivity contribution in [1.29, 1.82) is 0 Å². The van der Waals surface area contributed by atoms with Crippen LogP contribution in [-0.2, 0) is 4.79 Å². The molecule has 3 nitrogen and oxygen atoms in total. The molecule has 2 unspecified atom stereocenters. The normalized spacial score (nSPS) is 30.7. The maximum atomic E-state index is 12.1. The van der Waals surface area contributed by atoms with Gasteiger partial charge in [-0.15, -0.1) is 0 Å². The molecule has 18 heavy (non-hydrogen) atoms. The van der Waals surface area contributed by atoms with Crippen LogP contribution in [0.25, 0.3) is 0 Å². The van der Waals surface area contributed by atoms with Gasteiger partial charge in [0.25, 0.3) is 0 Å². The summed E-state index contributed by atoms with van der Waals surface area (Å²) in [5, 5.41) is 6.66. The molecule has 1 aliphatic heterocycles. The summed E-state index contributed by atoms with van der Waals surface area (Å²) in [7, 11) is 0. The van der Waals surface area contributed by atoms with Crippen molar-refractivity contribution in [3.05, 3.63) is 0 Å². The Morgan fingerprint density at radius 2 is 1.89 bits per heavy atom. The number of hydrogen-bond acceptors (Lipinski definition) is 2. The van der Waals surface area contributed by atoms with Crippen molar-refractivity contribution in [2.75, 3.05) is 6.54 Å². The van der Waals surface area contributed by atoms with Crippen LogP contribution >= 0.6 is 0 Å². The average Bonchev–Trinajstić information content (AvgIpc) is 2.57. The predicted molar refractivity (Wildman–Crippen MR) is 74.4 cm³/mol. The van der Waals surface area contributed by atoms with E-state index in [1.54, 1.807) is 0 Å². The molecule has 2 aliphatic rings. The molecule has 3 heteroatoms. The van der Waals surface area contributed by atoms with Gasteiger partial charge >= 0.3 is 0 Å². The maximum absolute atomic E-state index is 12.1. The molecule has 0 radical (unpaired) electrons. The third-order valence-corrected chi connectivity index (χ3v) is 4.44. The van der Waals surface area contributed by atoms with Crippen molar-refractivity contribution in [2.45, 2.75) is 76.8 Å². The van der Waals surface area contributed by atoms with E-state index in [1.165, 1.54) is 38.5 Å². The summed E-state index contributed by atoms with van der Waals surface area (Å²) >= 11 is 0.